The number of rotatable bonds is 7. The van der Waals surface area contributed by atoms with Gasteiger partial charge in [-0.15, -0.1) is 0 Å². The van der Waals surface area contributed by atoms with Crippen molar-refractivity contribution in [3.05, 3.63) is 87.8 Å². The average molecular weight is 380 g/mol. The van der Waals surface area contributed by atoms with Crippen LogP contribution in [-0.4, -0.2) is 15.7 Å². The number of carbonyl (C=O) groups is 1. The third-order valence-corrected chi connectivity index (χ3v) is 5.05. The highest BCUT2D eigenvalue weighted by Crippen LogP contribution is 2.47. The van der Waals surface area contributed by atoms with E-state index in [0.717, 1.165) is 12.2 Å². The van der Waals surface area contributed by atoms with Crippen molar-refractivity contribution in [3.8, 4) is 0 Å². The van der Waals surface area contributed by atoms with Crippen LogP contribution in [0.1, 0.15) is 46.9 Å². The van der Waals surface area contributed by atoms with E-state index in [0.29, 0.717) is 23.4 Å². The summed E-state index contributed by atoms with van der Waals surface area (Å²) in [6.07, 6.45) is 2.64. The van der Waals surface area contributed by atoms with Gasteiger partial charge in [-0.3, -0.25) is 14.9 Å². The Balaban J connectivity index is 1.61. The van der Waals surface area contributed by atoms with E-state index >= 15 is 0 Å². The minimum Gasteiger partial charge on any atom is -0.467 e. The van der Waals surface area contributed by atoms with Crippen LogP contribution < -0.4 is 0 Å². The van der Waals surface area contributed by atoms with Crippen molar-refractivity contribution >= 4 is 11.6 Å². The molecule has 1 saturated carbocycles. The zero-order chi connectivity index (χ0) is 19.7. The van der Waals surface area contributed by atoms with Crippen LogP contribution >= 0.6 is 0 Å². The quantitative estimate of drug-likeness (QED) is 0.436. The van der Waals surface area contributed by atoms with Gasteiger partial charge in [0.1, 0.15) is 22.8 Å². The zero-order valence-corrected chi connectivity index (χ0v) is 15.4. The number of carbonyl (C=O) groups excluding carboxylic acids is 1. The first-order valence-corrected chi connectivity index (χ1v) is 9.16. The van der Waals surface area contributed by atoms with Crippen LogP contribution in [0, 0.1) is 16.0 Å². The van der Waals surface area contributed by atoms with Crippen LogP contribution in [0.5, 0.6) is 0 Å². The molecule has 1 aliphatic carbocycles. The highest BCUT2D eigenvalue weighted by Gasteiger charge is 2.36. The van der Waals surface area contributed by atoms with E-state index in [-0.39, 0.29) is 24.3 Å². The number of hydrogen-bond donors (Lipinski definition) is 0. The van der Waals surface area contributed by atoms with Crippen molar-refractivity contribution in [2.24, 2.45) is 5.92 Å². The van der Waals surface area contributed by atoms with Crippen molar-refractivity contribution in [1.29, 1.82) is 0 Å². The summed E-state index contributed by atoms with van der Waals surface area (Å²) < 4.78 is 11.3. The van der Waals surface area contributed by atoms with Crippen LogP contribution in [0.25, 0.3) is 0 Å². The Morgan fingerprint density at radius 3 is 2.57 bits per heavy atom. The summed E-state index contributed by atoms with van der Waals surface area (Å²) in [6.45, 7) is 2.56. The van der Waals surface area contributed by atoms with Gasteiger partial charge in [-0.25, -0.2) is 0 Å². The number of para-hydroxylation sites is 1. The Kier molecular flexibility index (Phi) is 4.73. The molecule has 7 nitrogen and oxygen atoms in total. The SMILES string of the molecule is CC1CC1c1ccc(CN(Cc2ccco2)C(=O)c2ccccc2[N+](=O)[O-])o1. The first-order chi connectivity index (χ1) is 13.5. The van der Waals surface area contributed by atoms with Gasteiger partial charge in [0, 0.05) is 12.0 Å². The molecule has 1 aromatic carbocycles. The van der Waals surface area contributed by atoms with Crippen molar-refractivity contribution in [2.45, 2.75) is 32.4 Å². The van der Waals surface area contributed by atoms with E-state index in [4.69, 9.17) is 8.83 Å². The van der Waals surface area contributed by atoms with Gasteiger partial charge in [-0.2, -0.15) is 0 Å². The molecule has 0 bridgehead atoms. The van der Waals surface area contributed by atoms with Gasteiger partial charge >= 0.3 is 0 Å². The second kappa shape index (κ2) is 7.34. The molecule has 1 aliphatic rings. The minimum absolute atomic E-state index is 0.0432. The largest absolute Gasteiger partial charge is 0.467 e. The second-order valence-corrected chi connectivity index (χ2v) is 7.14. The molecule has 0 aliphatic heterocycles. The molecule has 0 spiro atoms. The van der Waals surface area contributed by atoms with Crippen molar-refractivity contribution in [3.63, 3.8) is 0 Å². The molecule has 0 saturated heterocycles. The molecule has 2 unspecified atom stereocenters. The Bertz CT molecular complexity index is 992. The second-order valence-electron chi connectivity index (χ2n) is 7.14. The predicted octanol–water partition coefficient (Wildman–Crippen LogP) is 4.75. The number of nitro benzene ring substituents is 1. The lowest BCUT2D eigenvalue weighted by atomic mass is 10.1. The Hall–Kier alpha value is -3.35. The number of nitrogens with zero attached hydrogens (tertiary/aromatic N) is 2. The monoisotopic (exact) mass is 380 g/mol. The Morgan fingerprint density at radius 2 is 1.89 bits per heavy atom. The van der Waals surface area contributed by atoms with Gasteiger partial charge < -0.3 is 13.7 Å². The number of amides is 1. The van der Waals surface area contributed by atoms with Crippen LogP contribution in [0.2, 0.25) is 0 Å². The van der Waals surface area contributed by atoms with Gasteiger partial charge in [0.25, 0.3) is 11.6 Å². The summed E-state index contributed by atoms with van der Waals surface area (Å²) in [4.78, 5) is 25.4. The standard InChI is InChI=1S/C21H20N2O5/c1-14-11-18(14)20-9-8-16(28-20)13-22(12-15-5-4-10-27-15)21(24)17-6-2-3-7-19(17)23(25)26/h2-10,14,18H,11-13H2,1H3. The highest BCUT2D eigenvalue weighted by molar-refractivity contribution is 5.98. The van der Waals surface area contributed by atoms with E-state index in [1.165, 1.54) is 23.3 Å². The molecule has 2 atom stereocenters. The molecule has 2 heterocycles. The maximum atomic E-state index is 13.1. The average Bonchev–Trinajstić information content (AvgIpc) is 3.07. The molecule has 28 heavy (non-hydrogen) atoms. The molecule has 1 fully saturated rings. The maximum absolute atomic E-state index is 13.1. The molecule has 0 N–H and O–H groups in total. The molecule has 1 amide bonds. The normalized spacial score (nSPS) is 18.0. The van der Waals surface area contributed by atoms with E-state index in [2.05, 4.69) is 6.92 Å². The summed E-state index contributed by atoms with van der Waals surface area (Å²) in [7, 11) is 0. The topological polar surface area (TPSA) is 89.7 Å². The lowest BCUT2D eigenvalue weighted by Crippen LogP contribution is -2.30. The first-order valence-electron chi connectivity index (χ1n) is 9.16. The number of furan rings is 2. The van der Waals surface area contributed by atoms with E-state index in [9.17, 15) is 14.9 Å². The maximum Gasteiger partial charge on any atom is 0.282 e. The van der Waals surface area contributed by atoms with Gasteiger partial charge in [-0.1, -0.05) is 19.1 Å². The molecule has 0 radical (unpaired) electrons. The van der Waals surface area contributed by atoms with Crippen molar-refractivity contribution < 1.29 is 18.6 Å². The summed E-state index contributed by atoms with van der Waals surface area (Å²) >= 11 is 0. The smallest absolute Gasteiger partial charge is 0.282 e. The van der Waals surface area contributed by atoms with Gasteiger partial charge in [0.2, 0.25) is 0 Å². The van der Waals surface area contributed by atoms with Crippen LogP contribution in [0.3, 0.4) is 0 Å². The van der Waals surface area contributed by atoms with E-state index in [1.807, 2.05) is 12.1 Å². The summed E-state index contributed by atoms with van der Waals surface area (Å²) in [5, 5.41) is 11.3. The van der Waals surface area contributed by atoms with E-state index in [1.54, 1.807) is 24.3 Å². The van der Waals surface area contributed by atoms with Gasteiger partial charge in [0.15, 0.2) is 0 Å². The number of nitro groups is 1. The highest BCUT2D eigenvalue weighted by atomic mass is 16.6. The summed E-state index contributed by atoms with van der Waals surface area (Å²) in [6, 6.07) is 13.3. The zero-order valence-electron chi connectivity index (χ0n) is 15.4. The lowest BCUT2D eigenvalue weighted by Gasteiger charge is -2.20. The fourth-order valence-corrected chi connectivity index (χ4v) is 3.36. The van der Waals surface area contributed by atoms with Crippen LogP contribution in [0.4, 0.5) is 5.69 Å². The Labute approximate surface area is 161 Å². The molecular weight excluding hydrogens is 360 g/mol. The number of benzene rings is 1. The lowest BCUT2D eigenvalue weighted by molar-refractivity contribution is -0.385. The molecular formula is C21H20N2O5. The third-order valence-electron chi connectivity index (χ3n) is 5.05. The molecule has 144 valence electrons. The fraction of sp³-hybridized carbons (Fsp3) is 0.286. The van der Waals surface area contributed by atoms with Crippen LogP contribution in [-0.2, 0) is 13.1 Å². The minimum atomic E-state index is -0.544. The predicted molar refractivity (Wildman–Crippen MR) is 101 cm³/mol. The molecule has 3 aromatic rings. The van der Waals surface area contributed by atoms with E-state index < -0.39 is 10.8 Å². The molecule has 2 aromatic heterocycles. The fourth-order valence-electron chi connectivity index (χ4n) is 3.36. The number of hydrogen-bond acceptors (Lipinski definition) is 5. The van der Waals surface area contributed by atoms with Gasteiger partial charge in [0.05, 0.1) is 24.3 Å². The molecule has 4 rings (SSSR count). The van der Waals surface area contributed by atoms with Gasteiger partial charge in [-0.05, 0) is 42.7 Å². The first kappa shape index (κ1) is 18.0. The van der Waals surface area contributed by atoms with Crippen LogP contribution in [0.15, 0.2) is 63.6 Å². The Morgan fingerprint density at radius 1 is 1.14 bits per heavy atom. The van der Waals surface area contributed by atoms with Crippen molar-refractivity contribution in [2.75, 3.05) is 0 Å². The van der Waals surface area contributed by atoms with Crippen molar-refractivity contribution in [1.82, 2.24) is 4.90 Å². The third kappa shape index (κ3) is 3.69. The summed E-state index contributed by atoms with van der Waals surface area (Å²) in [5.74, 6) is 2.78. The molecule has 7 heteroatoms. The summed E-state index contributed by atoms with van der Waals surface area (Å²) in [5.41, 5.74) is -0.175.